The Labute approximate surface area is 141 Å². The molecule has 0 fully saturated rings. The van der Waals surface area contributed by atoms with Crippen molar-refractivity contribution in [1.82, 2.24) is 4.98 Å². The highest BCUT2D eigenvalue weighted by Crippen LogP contribution is 2.31. The monoisotopic (exact) mass is 364 g/mol. The average molecular weight is 365 g/mol. The van der Waals surface area contributed by atoms with Gasteiger partial charge in [-0.25, -0.2) is 0 Å². The molecule has 0 radical (unpaired) electrons. The maximum absolute atomic E-state index is 12.5. The quantitative estimate of drug-likeness (QED) is 0.398. The smallest absolute Gasteiger partial charge is 0.346 e. The van der Waals surface area contributed by atoms with E-state index in [-0.39, 0.29) is 10.8 Å². The first-order valence-corrected chi connectivity index (χ1v) is 8.39. The molecule has 0 saturated carbocycles. The van der Waals surface area contributed by atoms with Crippen LogP contribution in [0, 0.1) is 10.1 Å². The minimum absolute atomic E-state index is 0.0256. The van der Waals surface area contributed by atoms with Gasteiger partial charge in [-0.2, -0.15) is 8.42 Å². The minimum Gasteiger partial charge on any atom is -0.376 e. The lowest BCUT2D eigenvalue weighted by Gasteiger charge is -2.09. The van der Waals surface area contributed by atoms with E-state index in [9.17, 15) is 18.5 Å². The van der Waals surface area contributed by atoms with E-state index in [0.29, 0.717) is 10.9 Å². The van der Waals surface area contributed by atoms with Gasteiger partial charge in [0.25, 0.3) is 5.69 Å². The van der Waals surface area contributed by atoms with E-state index in [4.69, 9.17) is 15.8 Å². The Balaban J connectivity index is 2.12. The molecule has 0 amide bonds. The van der Waals surface area contributed by atoms with Crippen LogP contribution in [-0.2, 0) is 10.1 Å². The maximum Gasteiger partial charge on any atom is 0.346 e. The molecule has 2 aromatic carbocycles. The molecule has 0 aliphatic rings. The van der Waals surface area contributed by atoms with E-state index >= 15 is 0 Å². The second kappa shape index (κ2) is 6.06. The Morgan fingerprint density at radius 2 is 1.88 bits per heavy atom. The topological polar surface area (TPSA) is 99.4 Å². The number of halogens is 1. The predicted octanol–water partition coefficient (Wildman–Crippen LogP) is 3.56. The molecular weight excluding hydrogens is 356 g/mol. The van der Waals surface area contributed by atoms with Crippen LogP contribution in [0.3, 0.4) is 0 Å². The molecular formula is C15H9ClN2O5S. The molecule has 0 spiro atoms. The summed E-state index contributed by atoms with van der Waals surface area (Å²) in [5.74, 6) is -0.0256. The van der Waals surface area contributed by atoms with E-state index in [1.807, 2.05) is 0 Å². The molecule has 3 aromatic rings. The molecule has 1 aromatic heterocycles. The van der Waals surface area contributed by atoms with Crippen LogP contribution in [0.25, 0.3) is 10.9 Å². The van der Waals surface area contributed by atoms with Gasteiger partial charge in [0.05, 0.1) is 4.92 Å². The molecule has 9 heteroatoms. The van der Waals surface area contributed by atoms with Crippen molar-refractivity contribution in [2.45, 2.75) is 4.90 Å². The van der Waals surface area contributed by atoms with Gasteiger partial charge in [-0.3, -0.25) is 15.1 Å². The second-order valence-electron chi connectivity index (χ2n) is 4.74. The van der Waals surface area contributed by atoms with Crippen molar-refractivity contribution >= 4 is 38.3 Å². The minimum atomic E-state index is -4.47. The molecule has 0 bridgehead atoms. The van der Waals surface area contributed by atoms with Crippen LogP contribution in [0.2, 0.25) is 5.02 Å². The molecule has 0 aliphatic heterocycles. The largest absolute Gasteiger partial charge is 0.376 e. The molecule has 0 N–H and O–H groups in total. The van der Waals surface area contributed by atoms with Gasteiger partial charge in [0.15, 0.2) is 10.6 Å². The van der Waals surface area contributed by atoms with Gasteiger partial charge in [-0.1, -0.05) is 29.8 Å². The van der Waals surface area contributed by atoms with Crippen molar-refractivity contribution in [2.24, 2.45) is 0 Å². The summed E-state index contributed by atoms with van der Waals surface area (Å²) in [7, 11) is -4.47. The molecule has 0 atom stereocenters. The van der Waals surface area contributed by atoms with Crippen molar-refractivity contribution in [2.75, 3.05) is 0 Å². The lowest BCUT2D eigenvalue weighted by atomic mass is 10.2. The van der Waals surface area contributed by atoms with Gasteiger partial charge < -0.3 is 4.18 Å². The van der Waals surface area contributed by atoms with Crippen LogP contribution in [0.4, 0.5) is 5.69 Å². The number of nitro groups is 1. The zero-order valence-electron chi connectivity index (χ0n) is 11.9. The summed E-state index contributed by atoms with van der Waals surface area (Å²) in [5.41, 5.74) is -0.291. The molecule has 3 rings (SSSR count). The molecule has 24 heavy (non-hydrogen) atoms. The Bertz CT molecular complexity index is 1050. The fraction of sp³-hybridized carbons (Fsp3) is 0. The number of nitro benzene ring substituents is 1. The SMILES string of the molecule is O=[N+]([O-])c1ccc(Cl)cc1S(=O)(=O)Oc1cccc2cccnc12. The van der Waals surface area contributed by atoms with E-state index < -0.39 is 25.6 Å². The van der Waals surface area contributed by atoms with Gasteiger partial charge >= 0.3 is 10.1 Å². The van der Waals surface area contributed by atoms with Crippen molar-refractivity contribution in [1.29, 1.82) is 0 Å². The number of pyridine rings is 1. The summed E-state index contributed by atoms with van der Waals surface area (Å²) in [6.07, 6.45) is 1.49. The summed E-state index contributed by atoms with van der Waals surface area (Å²) in [4.78, 5) is 13.7. The van der Waals surface area contributed by atoms with Crippen LogP contribution in [0.5, 0.6) is 5.75 Å². The molecule has 1 heterocycles. The predicted molar refractivity (Wildman–Crippen MR) is 87.7 cm³/mol. The first kappa shape index (κ1) is 16.2. The van der Waals surface area contributed by atoms with Crippen molar-refractivity contribution < 1.29 is 17.5 Å². The molecule has 122 valence electrons. The normalized spacial score (nSPS) is 11.4. The van der Waals surface area contributed by atoms with Crippen LogP contribution in [-0.4, -0.2) is 18.3 Å². The summed E-state index contributed by atoms with van der Waals surface area (Å²) >= 11 is 5.77. The fourth-order valence-electron chi connectivity index (χ4n) is 2.15. The van der Waals surface area contributed by atoms with Gasteiger partial charge in [0.2, 0.25) is 0 Å². The number of hydrogen-bond donors (Lipinski definition) is 0. The third-order valence-corrected chi connectivity index (χ3v) is 4.68. The fourth-order valence-corrected chi connectivity index (χ4v) is 3.51. The third kappa shape index (κ3) is 3.01. The second-order valence-corrected chi connectivity index (χ2v) is 6.69. The average Bonchev–Trinajstić information content (AvgIpc) is 2.54. The summed E-state index contributed by atoms with van der Waals surface area (Å²) in [6.45, 7) is 0. The van der Waals surface area contributed by atoms with Crippen LogP contribution in [0.1, 0.15) is 0 Å². The highest BCUT2D eigenvalue weighted by molar-refractivity contribution is 7.87. The number of fused-ring (bicyclic) bond motifs is 1. The number of rotatable bonds is 4. The lowest BCUT2D eigenvalue weighted by Crippen LogP contribution is -2.12. The maximum atomic E-state index is 12.5. The van der Waals surface area contributed by atoms with Gasteiger partial charge in [-0.15, -0.1) is 0 Å². The highest BCUT2D eigenvalue weighted by atomic mass is 35.5. The van der Waals surface area contributed by atoms with Crippen LogP contribution >= 0.6 is 11.6 Å². The van der Waals surface area contributed by atoms with Crippen molar-refractivity contribution in [3.05, 3.63) is 69.9 Å². The number of nitrogens with zero attached hydrogens (tertiary/aromatic N) is 2. The van der Waals surface area contributed by atoms with Crippen LogP contribution < -0.4 is 4.18 Å². The van der Waals surface area contributed by atoms with E-state index in [1.54, 1.807) is 24.3 Å². The highest BCUT2D eigenvalue weighted by Gasteiger charge is 2.28. The Morgan fingerprint density at radius 1 is 1.12 bits per heavy atom. The Morgan fingerprint density at radius 3 is 2.62 bits per heavy atom. The zero-order valence-corrected chi connectivity index (χ0v) is 13.5. The van der Waals surface area contributed by atoms with Gasteiger partial charge in [-0.05, 0) is 24.3 Å². The standard InChI is InChI=1S/C15H9ClN2O5S/c16-11-6-7-12(18(19)20)14(9-11)24(21,22)23-13-5-1-3-10-4-2-8-17-15(10)13/h1-9H. The van der Waals surface area contributed by atoms with Crippen molar-refractivity contribution in [3.8, 4) is 5.75 Å². The summed E-state index contributed by atoms with van der Waals surface area (Å²) in [5, 5.41) is 11.8. The number of hydrogen-bond acceptors (Lipinski definition) is 6. The third-order valence-electron chi connectivity index (χ3n) is 3.18. The molecule has 0 saturated heterocycles. The lowest BCUT2D eigenvalue weighted by molar-refractivity contribution is -0.387. The first-order valence-electron chi connectivity index (χ1n) is 6.61. The summed E-state index contributed by atoms with van der Waals surface area (Å²) < 4.78 is 30.1. The van der Waals surface area contributed by atoms with Crippen LogP contribution in [0.15, 0.2) is 59.6 Å². The number of para-hydroxylation sites is 1. The van der Waals surface area contributed by atoms with Gasteiger partial charge in [0.1, 0.15) is 5.52 Å². The van der Waals surface area contributed by atoms with E-state index in [0.717, 1.165) is 12.1 Å². The van der Waals surface area contributed by atoms with Gasteiger partial charge in [0, 0.05) is 22.7 Å². The molecule has 7 nitrogen and oxygen atoms in total. The number of aromatic nitrogens is 1. The molecule has 0 unspecified atom stereocenters. The molecule has 0 aliphatic carbocycles. The van der Waals surface area contributed by atoms with E-state index in [2.05, 4.69) is 4.98 Å². The van der Waals surface area contributed by atoms with E-state index in [1.165, 1.54) is 18.3 Å². The Kier molecular flexibility index (Phi) is 4.08. The summed E-state index contributed by atoms with van der Waals surface area (Å²) in [6, 6.07) is 11.4. The Hall–Kier alpha value is -2.71. The number of benzene rings is 2. The van der Waals surface area contributed by atoms with Crippen molar-refractivity contribution in [3.63, 3.8) is 0 Å². The zero-order chi connectivity index (χ0) is 17.3. The first-order chi connectivity index (χ1) is 11.4.